The molecule has 4 rings (SSSR count). The van der Waals surface area contributed by atoms with Crippen molar-refractivity contribution >= 4 is 12.2 Å². The summed E-state index contributed by atoms with van der Waals surface area (Å²) in [6.45, 7) is 0. The van der Waals surface area contributed by atoms with E-state index in [1.54, 1.807) is 24.7 Å². The maximum absolute atomic E-state index is 2.41. The van der Waals surface area contributed by atoms with Crippen LogP contribution in [-0.4, -0.2) is 0 Å². The van der Waals surface area contributed by atoms with Crippen molar-refractivity contribution in [2.45, 2.75) is 41.1 Å². The number of benzene rings is 2. The summed E-state index contributed by atoms with van der Waals surface area (Å²) in [7, 11) is 0. The van der Waals surface area contributed by atoms with E-state index in [4.69, 9.17) is 0 Å². The molecule has 2 aromatic rings. The molecule has 0 heterocycles. The molecular formula is C23H23Zr. The first-order valence-corrected chi connectivity index (χ1v) is 10.5. The summed E-state index contributed by atoms with van der Waals surface area (Å²) in [5.41, 5.74) is 5.92. The van der Waals surface area contributed by atoms with E-state index >= 15 is 0 Å². The number of fused-ring (bicyclic) bond motifs is 2. The van der Waals surface area contributed by atoms with Crippen LogP contribution in [0.1, 0.15) is 59.8 Å². The van der Waals surface area contributed by atoms with Crippen LogP contribution in [0.3, 0.4) is 0 Å². The second-order valence-corrected chi connectivity index (χ2v) is 9.05. The molecule has 0 bridgehead atoms. The molecule has 2 aliphatic carbocycles. The summed E-state index contributed by atoms with van der Waals surface area (Å²) in [5, 5.41) is 0. The van der Waals surface area contributed by atoms with E-state index in [9.17, 15) is 0 Å². The van der Waals surface area contributed by atoms with Crippen LogP contribution < -0.4 is 0 Å². The van der Waals surface area contributed by atoms with Gasteiger partial charge >= 0.3 is 161 Å². The molecular weight excluding hydrogens is 367 g/mol. The van der Waals surface area contributed by atoms with E-state index in [1.165, 1.54) is 47.9 Å². The third kappa shape index (κ3) is 3.43. The van der Waals surface area contributed by atoms with Crippen LogP contribution in [0.25, 0.3) is 12.2 Å². The summed E-state index contributed by atoms with van der Waals surface area (Å²) in [4.78, 5) is 0. The Balaban J connectivity index is 1.27. The molecule has 1 heteroatoms. The first-order chi connectivity index (χ1) is 11.8. The average molecular weight is 391 g/mol. The van der Waals surface area contributed by atoms with Gasteiger partial charge in [0.25, 0.3) is 0 Å². The molecule has 0 aliphatic heterocycles. The van der Waals surface area contributed by atoms with Crippen LogP contribution in [0.5, 0.6) is 0 Å². The Morgan fingerprint density at radius 2 is 1.17 bits per heavy atom. The van der Waals surface area contributed by atoms with Gasteiger partial charge in [0.1, 0.15) is 0 Å². The van der Waals surface area contributed by atoms with E-state index in [1.807, 2.05) is 0 Å². The van der Waals surface area contributed by atoms with Crippen LogP contribution in [0.15, 0.2) is 60.7 Å². The Kier molecular flexibility index (Phi) is 4.99. The second-order valence-electron chi connectivity index (χ2n) is 7.04. The Labute approximate surface area is 160 Å². The van der Waals surface area contributed by atoms with Crippen molar-refractivity contribution in [3.05, 3.63) is 82.9 Å². The van der Waals surface area contributed by atoms with Gasteiger partial charge in [0.15, 0.2) is 0 Å². The average Bonchev–Trinajstić information content (AvgIpc) is 3.22. The summed E-state index contributed by atoms with van der Waals surface area (Å²) >= 11 is 1.71. The van der Waals surface area contributed by atoms with Crippen LogP contribution in [0, 0.1) is 0 Å². The molecule has 0 saturated carbocycles. The van der Waals surface area contributed by atoms with Crippen LogP contribution in [-0.2, 0) is 24.7 Å². The molecule has 0 amide bonds. The van der Waals surface area contributed by atoms with Crippen molar-refractivity contribution in [2.24, 2.45) is 0 Å². The molecule has 0 N–H and O–H groups in total. The van der Waals surface area contributed by atoms with Gasteiger partial charge < -0.3 is 0 Å². The SMILES string of the molecule is [Zr][CH](CCC1C=Cc2ccccc21)CCC1C=Cc2ccccc21. The van der Waals surface area contributed by atoms with E-state index < -0.39 is 0 Å². The van der Waals surface area contributed by atoms with Gasteiger partial charge in [0.2, 0.25) is 0 Å². The normalized spacial score (nSPS) is 21.6. The van der Waals surface area contributed by atoms with Gasteiger partial charge in [0, 0.05) is 0 Å². The molecule has 119 valence electrons. The zero-order chi connectivity index (χ0) is 16.4. The minimum atomic E-state index is 0.649. The zero-order valence-electron chi connectivity index (χ0n) is 14.0. The molecule has 2 unspecified atom stereocenters. The molecule has 0 nitrogen and oxygen atoms in total. The number of hydrogen-bond acceptors (Lipinski definition) is 0. The van der Waals surface area contributed by atoms with Gasteiger partial charge in [-0.1, -0.05) is 0 Å². The molecule has 0 fully saturated rings. The Bertz CT molecular complexity index is 706. The van der Waals surface area contributed by atoms with Gasteiger partial charge in [-0.05, 0) is 0 Å². The van der Waals surface area contributed by atoms with E-state index in [0.717, 1.165) is 3.63 Å². The number of allylic oxidation sites excluding steroid dienone is 2. The summed E-state index contributed by atoms with van der Waals surface area (Å²) in [5.74, 6) is 1.30. The van der Waals surface area contributed by atoms with Crippen LogP contribution >= 0.6 is 0 Å². The molecule has 0 aromatic heterocycles. The Hall–Kier alpha value is -1.20. The monoisotopic (exact) mass is 389 g/mol. The van der Waals surface area contributed by atoms with Gasteiger partial charge in [0.05, 0.1) is 0 Å². The maximum atomic E-state index is 2.41. The first kappa shape index (κ1) is 16.3. The summed E-state index contributed by atoms with van der Waals surface area (Å²) < 4.78 is 0.888. The molecule has 24 heavy (non-hydrogen) atoms. The minimum absolute atomic E-state index is 0.649. The van der Waals surface area contributed by atoms with E-state index in [-0.39, 0.29) is 0 Å². The fourth-order valence-corrected chi connectivity index (χ4v) is 4.88. The van der Waals surface area contributed by atoms with Gasteiger partial charge in [-0.15, -0.1) is 0 Å². The van der Waals surface area contributed by atoms with Crippen LogP contribution in [0.4, 0.5) is 0 Å². The topological polar surface area (TPSA) is 0 Å². The van der Waals surface area contributed by atoms with Gasteiger partial charge in [-0.3, -0.25) is 0 Å². The molecule has 2 aliphatic rings. The Morgan fingerprint density at radius 3 is 1.67 bits per heavy atom. The van der Waals surface area contributed by atoms with Gasteiger partial charge in [-0.2, -0.15) is 0 Å². The first-order valence-electron chi connectivity index (χ1n) is 9.06. The van der Waals surface area contributed by atoms with E-state index in [2.05, 4.69) is 72.8 Å². The third-order valence-corrected chi connectivity index (χ3v) is 6.88. The molecule has 0 saturated heterocycles. The number of rotatable bonds is 6. The van der Waals surface area contributed by atoms with Crippen molar-refractivity contribution in [2.75, 3.05) is 0 Å². The predicted molar refractivity (Wildman–Crippen MR) is 98.7 cm³/mol. The zero-order valence-corrected chi connectivity index (χ0v) is 16.4. The van der Waals surface area contributed by atoms with Crippen molar-refractivity contribution < 1.29 is 24.7 Å². The standard InChI is InChI=1S/C23H23.Zr/c1(2-8-18-14-16-20-10-4-6-12-22(18)20)3-9-19-15-17-21-11-5-7-13-23(19)21;/h1,4-7,10-19H,2-3,8-9H2;. The van der Waals surface area contributed by atoms with E-state index in [0.29, 0.717) is 11.8 Å². The number of hydrogen-bond donors (Lipinski definition) is 0. The third-order valence-electron chi connectivity index (χ3n) is 5.46. The van der Waals surface area contributed by atoms with Crippen molar-refractivity contribution in [1.82, 2.24) is 0 Å². The molecule has 2 atom stereocenters. The molecule has 0 spiro atoms. The Morgan fingerprint density at radius 1 is 0.708 bits per heavy atom. The fourth-order valence-electron chi connectivity index (χ4n) is 4.06. The van der Waals surface area contributed by atoms with Gasteiger partial charge in [-0.25, -0.2) is 0 Å². The predicted octanol–water partition coefficient (Wildman–Crippen LogP) is 6.50. The summed E-state index contributed by atoms with van der Waals surface area (Å²) in [6, 6.07) is 17.7. The second kappa shape index (κ2) is 7.36. The quantitative estimate of drug-likeness (QED) is 0.528. The van der Waals surface area contributed by atoms with Crippen LogP contribution in [0.2, 0.25) is 3.63 Å². The fraction of sp³-hybridized carbons (Fsp3) is 0.304. The molecule has 2 aromatic carbocycles. The summed E-state index contributed by atoms with van der Waals surface area (Å²) in [6.07, 6.45) is 14.8. The van der Waals surface area contributed by atoms with Crippen molar-refractivity contribution in [3.63, 3.8) is 0 Å². The van der Waals surface area contributed by atoms with Crippen molar-refractivity contribution in [1.29, 1.82) is 0 Å². The van der Waals surface area contributed by atoms with Crippen molar-refractivity contribution in [3.8, 4) is 0 Å². The molecule has 0 radical (unpaired) electrons.